The predicted octanol–water partition coefficient (Wildman–Crippen LogP) is 3.83. The molecule has 0 saturated carbocycles. The highest BCUT2D eigenvalue weighted by atomic mass is 19.4. The maximum atomic E-state index is 13.0. The molecule has 0 aliphatic heterocycles. The van der Waals surface area contributed by atoms with E-state index in [2.05, 4.69) is 10.3 Å². The lowest BCUT2D eigenvalue weighted by molar-refractivity contribution is -0.137. The van der Waals surface area contributed by atoms with Crippen LogP contribution < -0.4 is 10.9 Å². The smallest absolute Gasteiger partial charge is 0.352 e. The van der Waals surface area contributed by atoms with Crippen LogP contribution in [0.3, 0.4) is 0 Å². The number of nitrogens with one attached hydrogen (secondary N) is 2. The monoisotopic (exact) mass is 374 g/mol. The number of aromatic nitrogens is 1. The fourth-order valence-corrected chi connectivity index (χ4v) is 2.88. The minimum Gasteiger partial charge on any atom is -0.352 e. The second-order valence-corrected chi connectivity index (χ2v) is 6.26. The van der Waals surface area contributed by atoms with Gasteiger partial charge in [-0.1, -0.05) is 24.3 Å². The van der Waals surface area contributed by atoms with Crippen molar-refractivity contribution < 1.29 is 18.0 Å². The summed E-state index contributed by atoms with van der Waals surface area (Å²) in [5.74, 6) is -0.823. The molecule has 140 valence electrons. The highest BCUT2D eigenvalue weighted by Crippen LogP contribution is 2.31. The van der Waals surface area contributed by atoms with E-state index in [-0.39, 0.29) is 18.5 Å². The number of carbonyl (C=O) groups is 1. The van der Waals surface area contributed by atoms with Crippen LogP contribution in [0.25, 0.3) is 10.9 Å². The van der Waals surface area contributed by atoms with E-state index in [0.717, 1.165) is 23.1 Å². The van der Waals surface area contributed by atoms with Crippen molar-refractivity contribution in [1.29, 1.82) is 0 Å². The van der Waals surface area contributed by atoms with Gasteiger partial charge < -0.3 is 10.3 Å². The summed E-state index contributed by atoms with van der Waals surface area (Å²) in [6, 6.07) is 12.0. The highest BCUT2D eigenvalue weighted by Gasteiger charge is 2.34. The zero-order valence-electron chi connectivity index (χ0n) is 14.5. The van der Waals surface area contributed by atoms with Crippen LogP contribution in [-0.2, 0) is 12.6 Å². The molecular formula is C20H17F3N2O2. The molecule has 0 spiro atoms. The largest absolute Gasteiger partial charge is 0.417 e. The van der Waals surface area contributed by atoms with Crippen molar-refractivity contribution in [2.45, 2.75) is 19.5 Å². The van der Waals surface area contributed by atoms with Crippen LogP contribution in [0.2, 0.25) is 0 Å². The van der Waals surface area contributed by atoms with Gasteiger partial charge in [-0.2, -0.15) is 13.2 Å². The number of hydrogen-bond acceptors (Lipinski definition) is 2. The summed E-state index contributed by atoms with van der Waals surface area (Å²) in [7, 11) is 0. The first-order valence-electron chi connectivity index (χ1n) is 8.33. The SMILES string of the molecule is Cc1ccc2cc(CCNC(=O)c3ccccc3C(F)(F)F)c(=O)[nH]c2c1. The van der Waals surface area contributed by atoms with Crippen LogP contribution in [-0.4, -0.2) is 17.4 Å². The quantitative estimate of drug-likeness (QED) is 0.729. The topological polar surface area (TPSA) is 62.0 Å². The summed E-state index contributed by atoms with van der Waals surface area (Å²) in [4.78, 5) is 27.1. The van der Waals surface area contributed by atoms with Crippen LogP contribution >= 0.6 is 0 Å². The first-order chi connectivity index (χ1) is 12.8. The van der Waals surface area contributed by atoms with Crippen molar-refractivity contribution in [3.05, 3.63) is 81.1 Å². The molecular weight excluding hydrogens is 357 g/mol. The van der Waals surface area contributed by atoms with Gasteiger partial charge in [0.15, 0.2) is 0 Å². The molecule has 0 aliphatic carbocycles. The van der Waals surface area contributed by atoms with Gasteiger partial charge in [-0.25, -0.2) is 0 Å². The Morgan fingerprint density at radius 2 is 1.85 bits per heavy atom. The third kappa shape index (κ3) is 4.19. The molecule has 3 rings (SSSR count). The highest BCUT2D eigenvalue weighted by molar-refractivity contribution is 5.95. The molecule has 2 N–H and O–H groups in total. The lowest BCUT2D eigenvalue weighted by Crippen LogP contribution is -2.29. The van der Waals surface area contributed by atoms with E-state index in [1.54, 1.807) is 6.07 Å². The van der Waals surface area contributed by atoms with Crippen molar-refractivity contribution in [3.63, 3.8) is 0 Å². The van der Waals surface area contributed by atoms with Gasteiger partial charge in [0.25, 0.3) is 11.5 Å². The number of aryl methyl sites for hydroxylation is 1. The number of aromatic amines is 1. The Bertz CT molecular complexity index is 1060. The van der Waals surface area contributed by atoms with Crippen molar-refractivity contribution >= 4 is 16.8 Å². The summed E-state index contributed by atoms with van der Waals surface area (Å²) >= 11 is 0. The maximum absolute atomic E-state index is 13.0. The second-order valence-electron chi connectivity index (χ2n) is 6.26. The number of hydrogen-bond donors (Lipinski definition) is 2. The van der Waals surface area contributed by atoms with Crippen LogP contribution in [0.5, 0.6) is 0 Å². The van der Waals surface area contributed by atoms with E-state index in [9.17, 15) is 22.8 Å². The summed E-state index contributed by atoms with van der Waals surface area (Å²) in [6.07, 6.45) is -4.40. The van der Waals surface area contributed by atoms with Gasteiger partial charge in [0.05, 0.1) is 11.1 Å². The van der Waals surface area contributed by atoms with E-state index in [1.807, 2.05) is 25.1 Å². The van der Waals surface area contributed by atoms with Crippen LogP contribution in [0.1, 0.15) is 27.0 Å². The maximum Gasteiger partial charge on any atom is 0.417 e. The molecule has 0 radical (unpaired) electrons. The molecule has 0 unspecified atom stereocenters. The van der Waals surface area contributed by atoms with Crippen LogP contribution in [0.15, 0.2) is 53.3 Å². The first kappa shape index (κ1) is 18.7. The predicted molar refractivity (Wildman–Crippen MR) is 96.8 cm³/mol. The number of halogens is 3. The Morgan fingerprint density at radius 1 is 1.11 bits per heavy atom. The van der Waals surface area contributed by atoms with E-state index in [1.165, 1.54) is 12.1 Å². The summed E-state index contributed by atoms with van der Waals surface area (Å²) < 4.78 is 39.0. The standard InChI is InChI=1S/C20H17F3N2O2/c1-12-6-7-13-11-14(18(26)25-17(13)10-12)8-9-24-19(27)15-4-2-3-5-16(15)20(21,22)23/h2-7,10-11H,8-9H2,1H3,(H,24,27)(H,25,26). The fourth-order valence-electron chi connectivity index (χ4n) is 2.88. The third-order valence-corrected chi connectivity index (χ3v) is 4.24. The van der Waals surface area contributed by atoms with Crippen molar-refractivity contribution in [2.75, 3.05) is 6.54 Å². The van der Waals surface area contributed by atoms with Crippen molar-refractivity contribution in [2.24, 2.45) is 0 Å². The normalized spacial score (nSPS) is 11.6. The lowest BCUT2D eigenvalue weighted by atomic mass is 10.1. The summed E-state index contributed by atoms with van der Waals surface area (Å²) in [6.45, 7) is 1.96. The summed E-state index contributed by atoms with van der Waals surface area (Å²) in [5, 5.41) is 3.30. The molecule has 4 nitrogen and oxygen atoms in total. The average molecular weight is 374 g/mol. The van der Waals surface area contributed by atoms with Gasteiger partial charge in [0.1, 0.15) is 0 Å². The number of carbonyl (C=O) groups excluding carboxylic acids is 1. The summed E-state index contributed by atoms with van der Waals surface area (Å²) in [5.41, 5.74) is 0.483. The Hall–Kier alpha value is -3.09. The van der Waals surface area contributed by atoms with E-state index in [4.69, 9.17) is 0 Å². The number of amides is 1. The number of rotatable bonds is 4. The van der Waals surface area contributed by atoms with Gasteiger partial charge in [-0.05, 0) is 48.6 Å². The van der Waals surface area contributed by atoms with Gasteiger partial charge in [0.2, 0.25) is 0 Å². The number of pyridine rings is 1. The Kier molecular flexibility index (Phi) is 5.03. The Morgan fingerprint density at radius 3 is 2.59 bits per heavy atom. The Labute approximate surface area is 153 Å². The average Bonchev–Trinajstić information content (AvgIpc) is 2.61. The zero-order valence-corrected chi connectivity index (χ0v) is 14.5. The van der Waals surface area contributed by atoms with Crippen LogP contribution in [0.4, 0.5) is 13.2 Å². The molecule has 1 aromatic heterocycles. The number of benzene rings is 2. The molecule has 3 aromatic rings. The molecule has 0 bridgehead atoms. The Balaban J connectivity index is 1.73. The van der Waals surface area contributed by atoms with Gasteiger partial charge in [-0.3, -0.25) is 9.59 Å². The van der Waals surface area contributed by atoms with Gasteiger partial charge in [0, 0.05) is 17.6 Å². The molecule has 0 aliphatic rings. The zero-order chi connectivity index (χ0) is 19.6. The van der Waals surface area contributed by atoms with Gasteiger partial charge >= 0.3 is 6.18 Å². The minimum atomic E-state index is -4.61. The van der Waals surface area contributed by atoms with Crippen LogP contribution in [0, 0.1) is 6.92 Å². The third-order valence-electron chi connectivity index (χ3n) is 4.24. The second kappa shape index (κ2) is 7.26. The lowest BCUT2D eigenvalue weighted by Gasteiger charge is -2.12. The number of fused-ring (bicyclic) bond motifs is 1. The fraction of sp³-hybridized carbons (Fsp3) is 0.200. The molecule has 0 fully saturated rings. The first-order valence-corrected chi connectivity index (χ1v) is 8.33. The van der Waals surface area contributed by atoms with Crippen molar-refractivity contribution in [1.82, 2.24) is 10.3 Å². The van der Waals surface area contributed by atoms with E-state index >= 15 is 0 Å². The van der Waals surface area contributed by atoms with Gasteiger partial charge in [-0.15, -0.1) is 0 Å². The molecule has 2 aromatic carbocycles. The van der Waals surface area contributed by atoms with Crippen molar-refractivity contribution in [3.8, 4) is 0 Å². The molecule has 0 saturated heterocycles. The molecule has 7 heteroatoms. The minimum absolute atomic E-state index is 0.0471. The van der Waals surface area contributed by atoms with E-state index < -0.39 is 23.2 Å². The molecule has 0 atom stereocenters. The molecule has 27 heavy (non-hydrogen) atoms. The molecule has 1 heterocycles. The number of alkyl halides is 3. The number of H-pyrrole nitrogens is 1. The molecule has 1 amide bonds. The van der Waals surface area contributed by atoms with E-state index in [0.29, 0.717) is 11.1 Å².